The van der Waals surface area contributed by atoms with Crippen LogP contribution >= 0.6 is 0 Å². The van der Waals surface area contributed by atoms with Gasteiger partial charge in [-0.25, -0.2) is 8.42 Å². The molecule has 0 radical (unpaired) electrons. The lowest BCUT2D eigenvalue weighted by atomic mass is 10.5. The zero-order valence-electron chi connectivity index (χ0n) is 6.95. The van der Waals surface area contributed by atoms with Gasteiger partial charge in [0.2, 0.25) is 10.0 Å². The number of hydrogen-bond donors (Lipinski definition) is 0. The number of nitrogens with zero attached hydrogens (tertiary/aromatic N) is 2. The SMILES string of the molecule is CN(C)CN1CCCS1(=O)=O. The average molecular weight is 178 g/mol. The van der Waals surface area contributed by atoms with E-state index in [-0.39, 0.29) is 0 Å². The smallest absolute Gasteiger partial charge is 0.215 e. The zero-order chi connectivity index (χ0) is 8.48. The van der Waals surface area contributed by atoms with E-state index in [1.807, 2.05) is 19.0 Å². The highest BCUT2D eigenvalue weighted by Gasteiger charge is 2.27. The standard InChI is InChI=1S/C6H14N2O2S/c1-7(2)6-8-4-3-5-11(8,9)10/h3-6H2,1-2H3. The summed E-state index contributed by atoms with van der Waals surface area (Å²) >= 11 is 0. The Morgan fingerprint density at radius 3 is 2.45 bits per heavy atom. The molecule has 1 rings (SSSR count). The summed E-state index contributed by atoms with van der Waals surface area (Å²) in [5.41, 5.74) is 0. The second-order valence-electron chi connectivity index (χ2n) is 3.07. The van der Waals surface area contributed by atoms with Gasteiger partial charge in [0, 0.05) is 6.54 Å². The molecule has 0 spiro atoms. The van der Waals surface area contributed by atoms with E-state index in [4.69, 9.17) is 0 Å². The fourth-order valence-electron chi connectivity index (χ4n) is 1.17. The maximum absolute atomic E-state index is 11.2. The number of hydrogen-bond acceptors (Lipinski definition) is 3. The van der Waals surface area contributed by atoms with Gasteiger partial charge in [0.15, 0.2) is 0 Å². The van der Waals surface area contributed by atoms with Crippen LogP contribution in [-0.2, 0) is 10.0 Å². The molecule has 0 unspecified atom stereocenters. The maximum Gasteiger partial charge on any atom is 0.215 e. The van der Waals surface area contributed by atoms with Crippen molar-refractivity contribution in [1.82, 2.24) is 9.21 Å². The van der Waals surface area contributed by atoms with Gasteiger partial charge < -0.3 is 0 Å². The highest BCUT2D eigenvalue weighted by Crippen LogP contribution is 2.12. The fraction of sp³-hybridized carbons (Fsp3) is 1.00. The van der Waals surface area contributed by atoms with Gasteiger partial charge >= 0.3 is 0 Å². The molecule has 1 aliphatic rings. The molecule has 0 aromatic rings. The van der Waals surface area contributed by atoms with E-state index in [2.05, 4.69) is 0 Å². The van der Waals surface area contributed by atoms with Crippen molar-refractivity contribution in [3.8, 4) is 0 Å². The molecule has 66 valence electrons. The first-order valence-electron chi connectivity index (χ1n) is 3.65. The molecule has 5 heteroatoms. The summed E-state index contributed by atoms with van der Waals surface area (Å²) in [6.45, 7) is 1.20. The summed E-state index contributed by atoms with van der Waals surface area (Å²) in [6, 6.07) is 0. The normalized spacial score (nSPS) is 24.6. The van der Waals surface area contributed by atoms with Gasteiger partial charge in [0.25, 0.3) is 0 Å². The summed E-state index contributed by atoms with van der Waals surface area (Å²) in [7, 11) is 0.847. The highest BCUT2D eigenvalue weighted by atomic mass is 32.2. The molecule has 0 aliphatic carbocycles. The second-order valence-corrected chi connectivity index (χ2v) is 5.15. The van der Waals surface area contributed by atoms with E-state index >= 15 is 0 Å². The molecule has 0 N–H and O–H groups in total. The van der Waals surface area contributed by atoms with Crippen LogP contribution in [0, 0.1) is 0 Å². The van der Waals surface area contributed by atoms with Crippen LogP contribution < -0.4 is 0 Å². The molecular formula is C6H14N2O2S. The summed E-state index contributed by atoms with van der Waals surface area (Å²) in [5.74, 6) is 0.320. The number of sulfonamides is 1. The zero-order valence-corrected chi connectivity index (χ0v) is 7.76. The minimum atomic E-state index is -2.89. The van der Waals surface area contributed by atoms with Crippen LogP contribution in [-0.4, -0.2) is 50.7 Å². The predicted molar refractivity (Wildman–Crippen MR) is 43.7 cm³/mol. The van der Waals surface area contributed by atoms with Crippen molar-refractivity contribution in [2.24, 2.45) is 0 Å². The Morgan fingerprint density at radius 1 is 1.45 bits per heavy atom. The summed E-state index contributed by atoms with van der Waals surface area (Å²) in [6.07, 6.45) is 0.774. The molecule has 11 heavy (non-hydrogen) atoms. The van der Waals surface area contributed by atoms with Gasteiger partial charge in [-0.15, -0.1) is 0 Å². The second kappa shape index (κ2) is 3.08. The lowest BCUT2D eigenvalue weighted by Gasteiger charge is -2.18. The Morgan fingerprint density at radius 2 is 2.09 bits per heavy atom. The van der Waals surface area contributed by atoms with Gasteiger partial charge in [0.05, 0.1) is 12.4 Å². The van der Waals surface area contributed by atoms with Crippen LogP contribution in [0.4, 0.5) is 0 Å². The van der Waals surface area contributed by atoms with E-state index in [0.717, 1.165) is 6.42 Å². The lowest BCUT2D eigenvalue weighted by Crippen LogP contribution is -2.34. The molecule has 0 aromatic heterocycles. The van der Waals surface area contributed by atoms with Gasteiger partial charge in [-0.3, -0.25) is 4.90 Å². The van der Waals surface area contributed by atoms with Gasteiger partial charge in [-0.05, 0) is 20.5 Å². The minimum Gasteiger partial charge on any atom is -0.296 e. The molecule has 0 bridgehead atoms. The topological polar surface area (TPSA) is 40.6 Å². The third-order valence-corrected chi connectivity index (χ3v) is 3.53. The Balaban J connectivity index is 2.59. The minimum absolute atomic E-state index is 0.320. The first-order chi connectivity index (χ1) is 5.02. The summed E-state index contributed by atoms with van der Waals surface area (Å²) in [4.78, 5) is 1.86. The van der Waals surface area contributed by atoms with Crippen molar-refractivity contribution in [1.29, 1.82) is 0 Å². The first-order valence-corrected chi connectivity index (χ1v) is 5.26. The molecule has 0 aromatic carbocycles. The Hall–Kier alpha value is -0.130. The van der Waals surface area contributed by atoms with Crippen LogP contribution in [0.2, 0.25) is 0 Å². The van der Waals surface area contributed by atoms with E-state index in [1.54, 1.807) is 0 Å². The molecule has 1 heterocycles. The fourth-order valence-corrected chi connectivity index (χ4v) is 2.73. The van der Waals surface area contributed by atoms with Crippen molar-refractivity contribution in [2.75, 3.05) is 33.1 Å². The first kappa shape index (κ1) is 8.96. The van der Waals surface area contributed by atoms with Gasteiger partial charge in [-0.2, -0.15) is 4.31 Å². The quantitative estimate of drug-likeness (QED) is 0.574. The largest absolute Gasteiger partial charge is 0.296 e. The molecule has 0 saturated carbocycles. The molecule has 1 aliphatic heterocycles. The third kappa shape index (κ3) is 2.15. The molecule has 4 nitrogen and oxygen atoms in total. The van der Waals surface area contributed by atoms with E-state index in [1.165, 1.54) is 4.31 Å². The molecule has 0 amide bonds. The average Bonchev–Trinajstić information content (AvgIpc) is 2.10. The molecule has 1 saturated heterocycles. The Kier molecular flexibility index (Phi) is 2.51. The third-order valence-electron chi connectivity index (χ3n) is 1.64. The highest BCUT2D eigenvalue weighted by molar-refractivity contribution is 7.89. The van der Waals surface area contributed by atoms with Crippen LogP contribution in [0.5, 0.6) is 0 Å². The van der Waals surface area contributed by atoms with E-state index in [9.17, 15) is 8.42 Å². The number of rotatable bonds is 2. The van der Waals surface area contributed by atoms with Crippen LogP contribution in [0.15, 0.2) is 0 Å². The lowest BCUT2D eigenvalue weighted by molar-refractivity contribution is 0.279. The Bertz CT molecular complexity index is 223. The summed E-state index contributed by atoms with van der Waals surface area (Å²) < 4.78 is 23.9. The van der Waals surface area contributed by atoms with Crippen LogP contribution in [0.1, 0.15) is 6.42 Å². The van der Waals surface area contributed by atoms with Crippen molar-refractivity contribution in [2.45, 2.75) is 6.42 Å². The Labute approximate surface area is 67.8 Å². The van der Waals surface area contributed by atoms with Crippen molar-refractivity contribution >= 4 is 10.0 Å². The van der Waals surface area contributed by atoms with Gasteiger partial charge in [-0.1, -0.05) is 0 Å². The maximum atomic E-state index is 11.2. The van der Waals surface area contributed by atoms with Crippen LogP contribution in [0.25, 0.3) is 0 Å². The van der Waals surface area contributed by atoms with Crippen molar-refractivity contribution in [3.63, 3.8) is 0 Å². The van der Waals surface area contributed by atoms with Crippen molar-refractivity contribution < 1.29 is 8.42 Å². The molecular weight excluding hydrogens is 164 g/mol. The monoisotopic (exact) mass is 178 g/mol. The van der Waals surface area contributed by atoms with E-state index < -0.39 is 10.0 Å². The molecule has 0 atom stereocenters. The van der Waals surface area contributed by atoms with Crippen LogP contribution in [0.3, 0.4) is 0 Å². The van der Waals surface area contributed by atoms with Crippen molar-refractivity contribution in [3.05, 3.63) is 0 Å². The van der Waals surface area contributed by atoms with Gasteiger partial charge in [0.1, 0.15) is 0 Å². The predicted octanol–water partition coefficient (Wildman–Crippen LogP) is -0.459. The molecule has 1 fully saturated rings. The van der Waals surface area contributed by atoms with E-state index in [0.29, 0.717) is 19.0 Å². The summed E-state index contributed by atoms with van der Waals surface area (Å²) in [5, 5.41) is 0.